The summed E-state index contributed by atoms with van der Waals surface area (Å²) in [6.07, 6.45) is -9.45. The second-order valence-electron chi connectivity index (χ2n) is 3.47. The predicted octanol–water partition coefficient (Wildman–Crippen LogP) is 2.69. The summed E-state index contributed by atoms with van der Waals surface area (Å²) in [5, 5.41) is 0. The van der Waals surface area contributed by atoms with Gasteiger partial charge in [0.05, 0.1) is 0 Å². The molecule has 20 heavy (non-hydrogen) atoms. The summed E-state index contributed by atoms with van der Waals surface area (Å²) in [7, 11) is 0. The number of hydrogen-bond donors (Lipinski definition) is 1. The average Bonchev–Trinajstić information content (AvgIpc) is 2.26. The highest BCUT2D eigenvalue weighted by Crippen LogP contribution is 2.28. The lowest BCUT2D eigenvalue weighted by Crippen LogP contribution is -2.21. The van der Waals surface area contributed by atoms with Gasteiger partial charge in [0.1, 0.15) is 0 Å². The molecule has 0 bridgehead atoms. The fourth-order valence-corrected chi connectivity index (χ4v) is 0.996. The van der Waals surface area contributed by atoms with E-state index in [1.165, 1.54) is 0 Å². The van der Waals surface area contributed by atoms with E-state index in [0.717, 1.165) is 0 Å². The Labute approximate surface area is 107 Å². The van der Waals surface area contributed by atoms with Gasteiger partial charge in [-0.3, -0.25) is 0 Å². The highest BCUT2D eigenvalue weighted by atomic mass is 19.4. The van der Waals surface area contributed by atoms with Crippen LogP contribution in [0.25, 0.3) is 0 Å². The van der Waals surface area contributed by atoms with Crippen molar-refractivity contribution >= 4 is 5.82 Å². The summed E-state index contributed by atoms with van der Waals surface area (Å²) in [6.45, 7) is -3.60. The molecule has 0 saturated carbocycles. The van der Waals surface area contributed by atoms with Crippen LogP contribution in [-0.2, 0) is 0 Å². The fraction of sp³-hybridized carbons (Fsp3) is 0.444. The zero-order valence-electron chi connectivity index (χ0n) is 9.48. The molecule has 0 saturated heterocycles. The molecule has 0 amide bonds. The third-order valence-corrected chi connectivity index (χ3v) is 1.70. The van der Waals surface area contributed by atoms with E-state index in [-0.39, 0.29) is 0 Å². The molecule has 0 aliphatic rings. The van der Waals surface area contributed by atoms with Crippen LogP contribution in [0.5, 0.6) is 11.6 Å². The summed E-state index contributed by atoms with van der Waals surface area (Å²) in [4.78, 5) is 3.10. The monoisotopic (exact) mass is 308 g/mol. The molecular formula is C9H7F7N2O2. The minimum Gasteiger partial charge on any atom is -0.481 e. The molecule has 114 valence electrons. The summed E-state index contributed by atoms with van der Waals surface area (Å²) in [5.74, 6) is -4.18. The van der Waals surface area contributed by atoms with E-state index in [0.29, 0.717) is 6.07 Å². The number of hydrogen-bond acceptors (Lipinski definition) is 4. The summed E-state index contributed by atoms with van der Waals surface area (Å²) >= 11 is 0. The van der Waals surface area contributed by atoms with E-state index in [2.05, 4.69) is 14.5 Å². The summed E-state index contributed by atoms with van der Waals surface area (Å²) < 4.78 is 92.9. The lowest BCUT2D eigenvalue weighted by atomic mass is 10.4. The quantitative estimate of drug-likeness (QED) is 0.869. The molecule has 2 N–H and O–H groups in total. The van der Waals surface area contributed by atoms with Crippen molar-refractivity contribution < 1.29 is 40.2 Å². The third-order valence-electron chi connectivity index (χ3n) is 1.70. The van der Waals surface area contributed by atoms with Crippen LogP contribution in [-0.4, -0.2) is 30.6 Å². The number of halogens is 7. The van der Waals surface area contributed by atoms with E-state index in [9.17, 15) is 30.7 Å². The first-order valence-corrected chi connectivity index (χ1v) is 4.83. The van der Waals surface area contributed by atoms with Crippen molar-refractivity contribution in [2.24, 2.45) is 0 Å². The number of rotatable bonds is 4. The Kier molecular flexibility index (Phi) is 4.50. The van der Waals surface area contributed by atoms with Gasteiger partial charge in [0.15, 0.2) is 24.8 Å². The Morgan fingerprint density at radius 1 is 1.00 bits per heavy atom. The summed E-state index contributed by atoms with van der Waals surface area (Å²) in [6, 6.07) is 0.448. The maximum Gasteiger partial charge on any atom is 0.422 e. The van der Waals surface area contributed by atoms with Gasteiger partial charge in [0.2, 0.25) is 11.7 Å². The number of aromatic nitrogens is 1. The largest absolute Gasteiger partial charge is 0.481 e. The standard InChI is InChI=1S/C9H7F7N2O2/c10-6-4(19-2-8(11,12)13)1-5(18-7(6)17)20-3-9(14,15)16/h1H,2-3H2,(H2,17,18). The van der Waals surface area contributed by atoms with Gasteiger partial charge in [-0.2, -0.15) is 35.7 Å². The van der Waals surface area contributed by atoms with E-state index < -0.39 is 48.8 Å². The molecule has 0 unspecified atom stereocenters. The lowest BCUT2D eigenvalue weighted by Gasteiger charge is -2.13. The van der Waals surface area contributed by atoms with Gasteiger partial charge in [0.25, 0.3) is 0 Å². The Balaban J connectivity index is 2.86. The minimum absolute atomic E-state index is 0.448. The van der Waals surface area contributed by atoms with E-state index >= 15 is 0 Å². The van der Waals surface area contributed by atoms with Crippen LogP contribution in [0.4, 0.5) is 36.6 Å². The van der Waals surface area contributed by atoms with Crippen molar-refractivity contribution in [3.63, 3.8) is 0 Å². The Morgan fingerprint density at radius 3 is 2.00 bits per heavy atom. The summed E-state index contributed by atoms with van der Waals surface area (Å²) in [5.41, 5.74) is 4.99. The first kappa shape index (κ1) is 16.1. The second kappa shape index (κ2) is 5.59. The molecule has 1 heterocycles. The first-order chi connectivity index (χ1) is 8.98. The van der Waals surface area contributed by atoms with Crippen LogP contribution in [0.15, 0.2) is 6.07 Å². The molecule has 0 atom stereocenters. The third kappa shape index (κ3) is 5.36. The SMILES string of the molecule is Nc1nc(OCC(F)(F)F)cc(OCC(F)(F)F)c1F. The predicted molar refractivity (Wildman–Crippen MR) is 51.7 cm³/mol. The molecule has 0 radical (unpaired) electrons. The highest BCUT2D eigenvalue weighted by molar-refractivity contribution is 5.43. The van der Waals surface area contributed by atoms with Crippen molar-refractivity contribution in [2.45, 2.75) is 12.4 Å². The maximum atomic E-state index is 13.3. The van der Waals surface area contributed by atoms with Gasteiger partial charge in [-0.25, -0.2) is 0 Å². The van der Waals surface area contributed by atoms with Crippen LogP contribution in [0.3, 0.4) is 0 Å². The molecule has 1 aromatic rings. The fourth-order valence-electron chi connectivity index (χ4n) is 0.996. The van der Waals surface area contributed by atoms with E-state index in [4.69, 9.17) is 5.73 Å². The number of nitrogens with zero attached hydrogens (tertiary/aromatic N) is 1. The first-order valence-electron chi connectivity index (χ1n) is 4.83. The molecule has 0 aliphatic carbocycles. The van der Waals surface area contributed by atoms with Gasteiger partial charge in [-0.05, 0) is 0 Å². The maximum absolute atomic E-state index is 13.3. The average molecular weight is 308 g/mol. The zero-order valence-corrected chi connectivity index (χ0v) is 9.48. The van der Waals surface area contributed by atoms with Crippen LogP contribution < -0.4 is 15.2 Å². The smallest absolute Gasteiger partial charge is 0.422 e. The molecule has 0 spiro atoms. The Hall–Kier alpha value is -1.94. The van der Waals surface area contributed by atoms with Gasteiger partial charge in [-0.1, -0.05) is 0 Å². The minimum atomic E-state index is -4.75. The molecule has 4 nitrogen and oxygen atoms in total. The van der Waals surface area contributed by atoms with E-state index in [1.54, 1.807) is 0 Å². The normalized spacial score (nSPS) is 12.3. The number of nitrogens with two attached hydrogens (primary N) is 1. The highest BCUT2D eigenvalue weighted by Gasteiger charge is 2.31. The van der Waals surface area contributed by atoms with Crippen molar-refractivity contribution in [2.75, 3.05) is 18.9 Å². The van der Waals surface area contributed by atoms with Gasteiger partial charge in [-0.15, -0.1) is 0 Å². The molecule has 0 aromatic carbocycles. The van der Waals surface area contributed by atoms with Crippen molar-refractivity contribution in [3.05, 3.63) is 11.9 Å². The van der Waals surface area contributed by atoms with Gasteiger partial charge >= 0.3 is 12.4 Å². The molecule has 1 rings (SSSR count). The topological polar surface area (TPSA) is 57.4 Å². The van der Waals surface area contributed by atoms with Crippen molar-refractivity contribution in [1.82, 2.24) is 4.98 Å². The van der Waals surface area contributed by atoms with Crippen LogP contribution in [0.2, 0.25) is 0 Å². The molecule has 0 fully saturated rings. The molecule has 11 heteroatoms. The zero-order chi connectivity index (χ0) is 15.6. The second-order valence-corrected chi connectivity index (χ2v) is 3.47. The molecular weight excluding hydrogens is 301 g/mol. The number of nitrogen functional groups attached to an aromatic ring is 1. The van der Waals surface area contributed by atoms with E-state index in [1.807, 2.05) is 0 Å². The number of ether oxygens (including phenoxy) is 2. The van der Waals surface area contributed by atoms with Gasteiger partial charge in [0, 0.05) is 6.07 Å². The Bertz CT molecular complexity index is 473. The van der Waals surface area contributed by atoms with Crippen LogP contribution >= 0.6 is 0 Å². The molecule has 0 aliphatic heterocycles. The number of pyridine rings is 1. The Morgan fingerprint density at radius 2 is 1.50 bits per heavy atom. The van der Waals surface area contributed by atoms with Gasteiger partial charge < -0.3 is 15.2 Å². The van der Waals surface area contributed by atoms with Crippen LogP contribution in [0, 0.1) is 5.82 Å². The lowest BCUT2D eigenvalue weighted by molar-refractivity contribution is -0.154. The number of alkyl halides is 6. The van der Waals surface area contributed by atoms with Crippen LogP contribution in [0.1, 0.15) is 0 Å². The van der Waals surface area contributed by atoms with Crippen molar-refractivity contribution in [3.8, 4) is 11.6 Å². The molecule has 1 aromatic heterocycles. The number of anilines is 1. The van der Waals surface area contributed by atoms with Crippen molar-refractivity contribution in [1.29, 1.82) is 0 Å².